The van der Waals surface area contributed by atoms with Gasteiger partial charge in [0.05, 0.1) is 24.4 Å². The Morgan fingerprint density at radius 2 is 1.43 bits per heavy atom. The van der Waals surface area contributed by atoms with Crippen LogP contribution in [0.15, 0.2) is 11.1 Å². The molecule has 0 atom stereocenters. The molecule has 0 saturated heterocycles. The molecule has 0 unspecified atom stereocenters. The van der Waals surface area contributed by atoms with Crippen LogP contribution >= 0.6 is 0 Å². The lowest BCUT2D eigenvalue weighted by Gasteiger charge is -2.31. The molecule has 0 aromatic rings. The topological polar surface area (TPSA) is 55.8 Å². The molecule has 2 rings (SSSR count). The van der Waals surface area contributed by atoms with E-state index in [0.29, 0.717) is 43.5 Å². The van der Waals surface area contributed by atoms with Crippen molar-refractivity contribution in [1.29, 1.82) is 0 Å². The van der Waals surface area contributed by atoms with Crippen LogP contribution in [0.5, 0.6) is 0 Å². The van der Waals surface area contributed by atoms with E-state index in [2.05, 4.69) is 4.90 Å². The Morgan fingerprint density at radius 1 is 0.952 bits per heavy atom. The Morgan fingerprint density at radius 3 is 1.86 bits per heavy atom. The van der Waals surface area contributed by atoms with Gasteiger partial charge < -0.3 is 9.47 Å². The normalized spacial score (nSPS) is 20.7. The Hall–Kier alpha value is -1.36. The van der Waals surface area contributed by atoms with Gasteiger partial charge in [-0.2, -0.15) is 0 Å². The highest BCUT2D eigenvalue weighted by Gasteiger charge is 2.35. The van der Waals surface area contributed by atoms with E-state index in [1.165, 1.54) is 19.3 Å². The molecule has 0 aromatic carbocycles. The maximum Gasteiger partial charge on any atom is 0.335 e. The molecule has 0 aromatic heterocycles. The first-order chi connectivity index (χ1) is 10.2. The summed E-state index contributed by atoms with van der Waals surface area (Å²) in [5, 5.41) is 0. The van der Waals surface area contributed by atoms with E-state index in [1.54, 1.807) is 13.8 Å². The molecule has 1 aliphatic heterocycles. The summed E-state index contributed by atoms with van der Waals surface area (Å²) in [5.41, 5.74) is 0.974. The fourth-order valence-electron chi connectivity index (χ4n) is 3.17. The molecule has 0 spiro atoms. The van der Waals surface area contributed by atoms with Crippen LogP contribution in [0.4, 0.5) is 0 Å². The van der Waals surface area contributed by atoms with Crippen LogP contribution < -0.4 is 0 Å². The predicted molar refractivity (Wildman–Crippen MR) is 78.7 cm³/mol. The third-order valence-corrected chi connectivity index (χ3v) is 4.22. The summed E-state index contributed by atoms with van der Waals surface area (Å²) in [5.74, 6) is -0.752. The summed E-state index contributed by atoms with van der Waals surface area (Å²) in [7, 11) is 0. The molecule has 0 N–H and O–H groups in total. The van der Waals surface area contributed by atoms with E-state index in [9.17, 15) is 9.59 Å². The van der Waals surface area contributed by atoms with Crippen molar-refractivity contribution in [2.45, 2.75) is 52.0 Å². The molecule has 21 heavy (non-hydrogen) atoms. The van der Waals surface area contributed by atoms with Gasteiger partial charge in [0.15, 0.2) is 0 Å². The van der Waals surface area contributed by atoms with Crippen LogP contribution in [0.1, 0.15) is 46.0 Å². The third kappa shape index (κ3) is 3.84. The minimum Gasteiger partial charge on any atom is -0.463 e. The summed E-state index contributed by atoms with van der Waals surface area (Å²) in [4.78, 5) is 26.4. The molecule has 1 heterocycles. The SMILES string of the molecule is CCOC(=O)C1=C(C(=O)OCC)CN(C2CCCCC2)C1. The van der Waals surface area contributed by atoms with Crippen LogP contribution in [-0.2, 0) is 19.1 Å². The molecule has 118 valence electrons. The largest absolute Gasteiger partial charge is 0.463 e. The fraction of sp³-hybridized carbons (Fsp3) is 0.750. The zero-order chi connectivity index (χ0) is 15.2. The van der Waals surface area contributed by atoms with E-state index in [4.69, 9.17) is 9.47 Å². The summed E-state index contributed by atoms with van der Waals surface area (Å²) >= 11 is 0. The standard InChI is InChI=1S/C16H25NO4/c1-3-20-15(18)13-10-17(12-8-6-5-7-9-12)11-14(13)16(19)21-4-2/h12H,3-11H2,1-2H3. The first-order valence-corrected chi connectivity index (χ1v) is 7.97. The lowest BCUT2D eigenvalue weighted by molar-refractivity contribution is -0.141. The Kier molecular flexibility index (Phi) is 5.79. The van der Waals surface area contributed by atoms with Gasteiger partial charge >= 0.3 is 11.9 Å². The lowest BCUT2D eigenvalue weighted by atomic mass is 9.94. The average molecular weight is 295 g/mol. The van der Waals surface area contributed by atoms with Gasteiger partial charge in [0.2, 0.25) is 0 Å². The van der Waals surface area contributed by atoms with Crippen LogP contribution in [0.3, 0.4) is 0 Å². The summed E-state index contributed by atoms with van der Waals surface area (Å²) in [6.45, 7) is 5.21. The molecule has 0 radical (unpaired) electrons. The van der Waals surface area contributed by atoms with Gasteiger partial charge in [-0.05, 0) is 26.7 Å². The molecule has 1 saturated carbocycles. The number of carbonyl (C=O) groups excluding carboxylic acids is 2. The zero-order valence-electron chi connectivity index (χ0n) is 13.0. The van der Waals surface area contributed by atoms with Crippen molar-refractivity contribution in [1.82, 2.24) is 4.90 Å². The van der Waals surface area contributed by atoms with E-state index in [1.807, 2.05) is 0 Å². The quantitative estimate of drug-likeness (QED) is 0.727. The number of esters is 2. The second kappa shape index (κ2) is 7.59. The number of nitrogens with zero attached hydrogens (tertiary/aromatic N) is 1. The van der Waals surface area contributed by atoms with Gasteiger partial charge in [0.25, 0.3) is 0 Å². The summed E-state index contributed by atoms with van der Waals surface area (Å²) in [6, 6.07) is 0.468. The van der Waals surface area contributed by atoms with Crippen LogP contribution in [-0.4, -0.2) is 49.2 Å². The van der Waals surface area contributed by atoms with Crippen molar-refractivity contribution in [3.63, 3.8) is 0 Å². The maximum atomic E-state index is 12.1. The van der Waals surface area contributed by atoms with Crippen molar-refractivity contribution in [3.8, 4) is 0 Å². The van der Waals surface area contributed by atoms with Gasteiger partial charge in [0.1, 0.15) is 0 Å². The number of hydrogen-bond acceptors (Lipinski definition) is 5. The van der Waals surface area contributed by atoms with Crippen molar-refractivity contribution >= 4 is 11.9 Å². The molecular weight excluding hydrogens is 270 g/mol. The molecule has 0 amide bonds. The van der Waals surface area contributed by atoms with Crippen LogP contribution in [0, 0.1) is 0 Å². The van der Waals surface area contributed by atoms with Crippen molar-refractivity contribution in [2.24, 2.45) is 0 Å². The van der Waals surface area contributed by atoms with Gasteiger partial charge in [-0.3, -0.25) is 4.90 Å². The van der Waals surface area contributed by atoms with Gasteiger partial charge in [0, 0.05) is 19.1 Å². The number of carbonyl (C=O) groups is 2. The van der Waals surface area contributed by atoms with Crippen LogP contribution in [0.2, 0.25) is 0 Å². The predicted octanol–water partition coefficient (Wildman–Crippen LogP) is 2.06. The highest BCUT2D eigenvalue weighted by Crippen LogP contribution is 2.29. The molecule has 5 heteroatoms. The van der Waals surface area contributed by atoms with E-state index < -0.39 is 0 Å². The van der Waals surface area contributed by atoms with Crippen molar-refractivity contribution in [3.05, 3.63) is 11.1 Å². The second-order valence-corrected chi connectivity index (χ2v) is 5.59. The number of hydrogen-bond donors (Lipinski definition) is 0. The Bertz CT molecular complexity index is 394. The minimum absolute atomic E-state index is 0.321. The van der Waals surface area contributed by atoms with Gasteiger partial charge in [-0.25, -0.2) is 9.59 Å². The van der Waals surface area contributed by atoms with E-state index in [-0.39, 0.29) is 11.9 Å². The molecule has 5 nitrogen and oxygen atoms in total. The lowest BCUT2D eigenvalue weighted by Crippen LogP contribution is -2.36. The number of rotatable bonds is 5. The molecule has 0 bridgehead atoms. The molecule has 2 aliphatic rings. The highest BCUT2D eigenvalue weighted by atomic mass is 16.5. The fourth-order valence-corrected chi connectivity index (χ4v) is 3.17. The highest BCUT2D eigenvalue weighted by molar-refractivity contribution is 6.02. The first-order valence-electron chi connectivity index (χ1n) is 7.97. The van der Waals surface area contributed by atoms with E-state index in [0.717, 1.165) is 12.8 Å². The Labute approximate surface area is 126 Å². The summed E-state index contributed by atoms with van der Waals surface area (Å²) < 4.78 is 10.2. The van der Waals surface area contributed by atoms with E-state index >= 15 is 0 Å². The van der Waals surface area contributed by atoms with Crippen molar-refractivity contribution < 1.29 is 19.1 Å². The Balaban J connectivity index is 2.11. The zero-order valence-corrected chi connectivity index (χ0v) is 13.0. The average Bonchev–Trinajstić information content (AvgIpc) is 2.94. The minimum atomic E-state index is -0.376. The molecule has 1 fully saturated rings. The van der Waals surface area contributed by atoms with Gasteiger partial charge in [-0.1, -0.05) is 19.3 Å². The van der Waals surface area contributed by atoms with Crippen molar-refractivity contribution in [2.75, 3.05) is 26.3 Å². The molecular formula is C16H25NO4. The monoisotopic (exact) mass is 295 g/mol. The summed E-state index contributed by atoms with van der Waals surface area (Å²) in [6.07, 6.45) is 6.03. The third-order valence-electron chi connectivity index (χ3n) is 4.22. The van der Waals surface area contributed by atoms with Gasteiger partial charge in [-0.15, -0.1) is 0 Å². The molecule has 1 aliphatic carbocycles. The first kappa shape index (κ1) is 16.0. The number of ether oxygens (including phenoxy) is 2. The maximum absolute atomic E-state index is 12.1. The van der Waals surface area contributed by atoms with Crippen LogP contribution in [0.25, 0.3) is 0 Å². The second-order valence-electron chi connectivity index (χ2n) is 5.59. The smallest absolute Gasteiger partial charge is 0.335 e.